The fourth-order valence-corrected chi connectivity index (χ4v) is 2.29. The molecule has 0 amide bonds. The van der Waals surface area contributed by atoms with E-state index in [0.717, 1.165) is 24.0 Å². The second-order valence-corrected chi connectivity index (χ2v) is 7.19. The third-order valence-corrected chi connectivity index (χ3v) is 3.79. The fraction of sp³-hybridized carbons (Fsp3) is 0.647. The molecule has 0 radical (unpaired) electrons. The van der Waals surface area contributed by atoms with Crippen LogP contribution in [0.25, 0.3) is 0 Å². The first kappa shape index (κ1) is 18.6. The van der Waals surface area contributed by atoms with Crippen molar-refractivity contribution in [2.75, 3.05) is 33.5 Å². The Bertz CT molecular complexity index is 387. The Morgan fingerprint density at radius 3 is 2.33 bits per heavy atom. The topological polar surface area (TPSA) is 30.5 Å². The van der Waals surface area contributed by atoms with Crippen molar-refractivity contribution in [3.8, 4) is 0 Å². The van der Waals surface area contributed by atoms with Gasteiger partial charge in [-0.2, -0.15) is 0 Å². The lowest BCUT2D eigenvalue weighted by molar-refractivity contribution is 0.0667. The predicted molar refractivity (Wildman–Crippen MR) is 92.0 cm³/mol. The Hall–Kier alpha value is -0.420. The summed E-state index contributed by atoms with van der Waals surface area (Å²) in [7, 11) is 1.70. The molecular formula is C17H28BrNO2. The maximum Gasteiger partial charge on any atom is 0.0700 e. The van der Waals surface area contributed by atoms with E-state index in [1.54, 1.807) is 7.11 Å². The van der Waals surface area contributed by atoms with Crippen LogP contribution in [-0.2, 0) is 9.47 Å². The van der Waals surface area contributed by atoms with Gasteiger partial charge in [-0.3, -0.25) is 0 Å². The number of rotatable bonds is 9. The summed E-state index contributed by atoms with van der Waals surface area (Å²) in [6.07, 6.45) is 1.01. The number of hydrogen-bond acceptors (Lipinski definition) is 3. The minimum Gasteiger partial charge on any atom is -0.382 e. The average Bonchev–Trinajstić information content (AvgIpc) is 2.42. The van der Waals surface area contributed by atoms with Crippen LogP contribution in [0.1, 0.15) is 38.7 Å². The SMILES string of the molecule is COCCOCCC(CNC(C)(C)C)c1ccc(Br)cc1. The molecule has 0 saturated heterocycles. The molecule has 0 saturated carbocycles. The van der Waals surface area contributed by atoms with Gasteiger partial charge in [0.25, 0.3) is 0 Å². The molecule has 120 valence electrons. The van der Waals surface area contributed by atoms with Crippen LogP contribution in [0.5, 0.6) is 0 Å². The van der Waals surface area contributed by atoms with Crippen LogP contribution in [0, 0.1) is 0 Å². The summed E-state index contributed by atoms with van der Waals surface area (Å²) in [6, 6.07) is 8.58. The van der Waals surface area contributed by atoms with Gasteiger partial charge in [-0.15, -0.1) is 0 Å². The van der Waals surface area contributed by atoms with Crippen molar-refractivity contribution < 1.29 is 9.47 Å². The van der Waals surface area contributed by atoms with Crippen LogP contribution in [0.4, 0.5) is 0 Å². The molecule has 0 spiro atoms. The first-order valence-corrected chi connectivity index (χ1v) is 8.29. The lowest BCUT2D eigenvalue weighted by atomic mass is 9.95. The van der Waals surface area contributed by atoms with E-state index in [4.69, 9.17) is 9.47 Å². The maximum absolute atomic E-state index is 5.62. The van der Waals surface area contributed by atoms with Crippen molar-refractivity contribution in [3.63, 3.8) is 0 Å². The zero-order valence-corrected chi connectivity index (χ0v) is 15.2. The first-order chi connectivity index (χ1) is 9.92. The van der Waals surface area contributed by atoms with Gasteiger partial charge in [-0.05, 0) is 50.8 Å². The van der Waals surface area contributed by atoms with Crippen molar-refractivity contribution >= 4 is 15.9 Å². The van der Waals surface area contributed by atoms with E-state index in [1.165, 1.54) is 5.56 Å². The Morgan fingerprint density at radius 1 is 1.10 bits per heavy atom. The van der Waals surface area contributed by atoms with Gasteiger partial charge in [-0.25, -0.2) is 0 Å². The van der Waals surface area contributed by atoms with Gasteiger partial charge in [0, 0.05) is 30.3 Å². The Kier molecular flexibility index (Phi) is 8.49. The first-order valence-electron chi connectivity index (χ1n) is 7.49. The number of hydrogen-bond donors (Lipinski definition) is 1. The van der Waals surface area contributed by atoms with Crippen molar-refractivity contribution in [1.82, 2.24) is 5.32 Å². The van der Waals surface area contributed by atoms with Crippen LogP contribution >= 0.6 is 15.9 Å². The molecule has 1 rings (SSSR count). The summed E-state index contributed by atoms with van der Waals surface area (Å²) in [6.45, 7) is 9.62. The molecule has 0 aliphatic carbocycles. The Balaban J connectivity index is 2.55. The zero-order chi connectivity index (χ0) is 15.7. The lowest BCUT2D eigenvalue weighted by Gasteiger charge is -2.25. The van der Waals surface area contributed by atoms with Crippen molar-refractivity contribution in [2.45, 2.75) is 38.6 Å². The van der Waals surface area contributed by atoms with Gasteiger partial charge in [0.15, 0.2) is 0 Å². The lowest BCUT2D eigenvalue weighted by Crippen LogP contribution is -2.38. The molecule has 1 N–H and O–H groups in total. The molecule has 1 atom stereocenters. The highest BCUT2D eigenvalue weighted by Gasteiger charge is 2.16. The van der Waals surface area contributed by atoms with Gasteiger partial charge in [0.05, 0.1) is 13.2 Å². The number of halogens is 1. The highest BCUT2D eigenvalue weighted by atomic mass is 79.9. The molecule has 4 heteroatoms. The Labute approximate surface area is 137 Å². The fourth-order valence-electron chi connectivity index (χ4n) is 2.02. The summed E-state index contributed by atoms with van der Waals surface area (Å²) >= 11 is 3.49. The highest BCUT2D eigenvalue weighted by Crippen LogP contribution is 2.22. The molecule has 0 heterocycles. The quantitative estimate of drug-likeness (QED) is 0.678. The molecule has 0 bridgehead atoms. The van der Waals surface area contributed by atoms with Crippen LogP contribution in [-0.4, -0.2) is 39.0 Å². The van der Waals surface area contributed by atoms with E-state index in [9.17, 15) is 0 Å². The van der Waals surface area contributed by atoms with Crippen molar-refractivity contribution in [1.29, 1.82) is 0 Å². The molecule has 3 nitrogen and oxygen atoms in total. The van der Waals surface area contributed by atoms with Crippen LogP contribution in [0.2, 0.25) is 0 Å². The van der Waals surface area contributed by atoms with Crippen molar-refractivity contribution in [3.05, 3.63) is 34.3 Å². The summed E-state index contributed by atoms with van der Waals surface area (Å²) in [4.78, 5) is 0. The standard InChI is InChI=1S/C17H28BrNO2/c1-17(2,3)19-13-15(9-10-21-12-11-20-4)14-5-7-16(18)8-6-14/h5-8,15,19H,9-13H2,1-4H3. The van der Waals surface area contributed by atoms with E-state index in [0.29, 0.717) is 19.1 Å². The van der Waals surface area contributed by atoms with Crippen molar-refractivity contribution in [2.24, 2.45) is 0 Å². The Morgan fingerprint density at radius 2 is 1.76 bits per heavy atom. The molecule has 21 heavy (non-hydrogen) atoms. The molecular weight excluding hydrogens is 330 g/mol. The monoisotopic (exact) mass is 357 g/mol. The second-order valence-electron chi connectivity index (χ2n) is 6.27. The molecule has 0 aromatic heterocycles. The third kappa shape index (κ3) is 8.57. The minimum atomic E-state index is 0.129. The maximum atomic E-state index is 5.62. The number of ether oxygens (including phenoxy) is 2. The summed E-state index contributed by atoms with van der Waals surface area (Å²) in [5, 5.41) is 3.60. The van der Waals surface area contributed by atoms with Gasteiger partial charge in [-0.1, -0.05) is 28.1 Å². The van der Waals surface area contributed by atoms with E-state index < -0.39 is 0 Å². The average molecular weight is 358 g/mol. The van der Waals surface area contributed by atoms with E-state index in [1.807, 2.05) is 0 Å². The highest BCUT2D eigenvalue weighted by molar-refractivity contribution is 9.10. The smallest absolute Gasteiger partial charge is 0.0700 e. The normalized spacial score (nSPS) is 13.4. The van der Waals surface area contributed by atoms with Gasteiger partial charge >= 0.3 is 0 Å². The number of nitrogens with one attached hydrogen (secondary N) is 1. The minimum absolute atomic E-state index is 0.129. The molecule has 0 aliphatic rings. The van der Waals surface area contributed by atoms with Gasteiger partial charge in [0.2, 0.25) is 0 Å². The van der Waals surface area contributed by atoms with Crippen LogP contribution in [0.3, 0.4) is 0 Å². The van der Waals surface area contributed by atoms with E-state index >= 15 is 0 Å². The van der Waals surface area contributed by atoms with Crippen LogP contribution < -0.4 is 5.32 Å². The molecule has 1 aromatic carbocycles. The molecule has 0 aliphatic heterocycles. The molecule has 1 aromatic rings. The molecule has 0 fully saturated rings. The summed E-state index contributed by atoms with van der Waals surface area (Å²) in [5.41, 5.74) is 1.48. The van der Waals surface area contributed by atoms with E-state index in [2.05, 4.69) is 66.3 Å². The number of methoxy groups -OCH3 is 1. The second kappa shape index (κ2) is 9.57. The third-order valence-electron chi connectivity index (χ3n) is 3.26. The number of benzene rings is 1. The predicted octanol–water partition coefficient (Wildman–Crippen LogP) is 3.97. The molecule has 1 unspecified atom stereocenters. The zero-order valence-electron chi connectivity index (χ0n) is 13.6. The summed E-state index contributed by atoms with van der Waals surface area (Å²) in [5.74, 6) is 0.458. The largest absolute Gasteiger partial charge is 0.382 e. The van der Waals surface area contributed by atoms with Gasteiger partial charge < -0.3 is 14.8 Å². The van der Waals surface area contributed by atoms with Gasteiger partial charge in [0.1, 0.15) is 0 Å². The van der Waals surface area contributed by atoms with E-state index in [-0.39, 0.29) is 5.54 Å². The summed E-state index contributed by atoms with van der Waals surface area (Å²) < 4.78 is 11.7. The van der Waals surface area contributed by atoms with Crippen LogP contribution in [0.15, 0.2) is 28.7 Å².